The van der Waals surface area contributed by atoms with E-state index in [1.165, 1.54) is 6.20 Å². The second kappa shape index (κ2) is 8.43. The van der Waals surface area contributed by atoms with Crippen LogP contribution in [0.25, 0.3) is 0 Å². The predicted molar refractivity (Wildman–Crippen MR) is 108 cm³/mol. The number of carbonyl (C=O) groups is 1. The van der Waals surface area contributed by atoms with Crippen molar-refractivity contribution in [3.63, 3.8) is 0 Å². The van der Waals surface area contributed by atoms with E-state index in [2.05, 4.69) is 14.9 Å². The average molecular weight is 390 g/mol. The standard InChI is InChI=1S/C19H24ClN5O2/c1-3-23(4-2)18(27)14-13-21-19(22-17(14)26)25-11-9-24(10-12-25)16-8-6-5-7-15(16)20/h5-8,13H,3-4,9-12H2,1-2H3,(H,21,22,26). The smallest absolute Gasteiger partial charge is 0.265 e. The highest BCUT2D eigenvalue weighted by Crippen LogP contribution is 2.26. The molecule has 3 rings (SSSR count). The number of H-pyrrole nitrogens is 1. The number of aromatic nitrogens is 2. The molecular weight excluding hydrogens is 366 g/mol. The summed E-state index contributed by atoms with van der Waals surface area (Å²) < 4.78 is 0. The number of amides is 1. The van der Waals surface area contributed by atoms with E-state index >= 15 is 0 Å². The van der Waals surface area contributed by atoms with Gasteiger partial charge in [0.05, 0.1) is 10.7 Å². The summed E-state index contributed by atoms with van der Waals surface area (Å²) in [5, 5.41) is 0.733. The van der Waals surface area contributed by atoms with Gasteiger partial charge >= 0.3 is 0 Å². The zero-order valence-corrected chi connectivity index (χ0v) is 16.4. The Bertz CT molecular complexity index is 857. The molecule has 0 radical (unpaired) electrons. The molecule has 144 valence electrons. The van der Waals surface area contributed by atoms with Gasteiger partial charge in [0.15, 0.2) is 0 Å². The number of nitrogens with zero attached hydrogens (tertiary/aromatic N) is 4. The Morgan fingerprint density at radius 3 is 2.37 bits per heavy atom. The van der Waals surface area contributed by atoms with Gasteiger partial charge in [0.2, 0.25) is 5.95 Å². The number of para-hydroxylation sites is 1. The lowest BCUT2D eigenvalue weighted by atomic mass is 10.2. The molecule has 1 N–H and O–H groups in total. The van der Waals surface area contributed by atoms with Gasteiger partial charge in [-0.1, -0.05) is 23.7 Å². The molecule has 7 nitrogen and oxygen atoms in total. The number of carbonyl (C=O) groups excluding carboxylic acids is 1. The van der Waals surface area contributed by atoms with Gasteiger partial charge in [-0.2, -0.15) is 0 Å². The van der Waals surface area contributed by atoms with Crippen molar-refractivity contribution in [1.29, 1.82) is 0 Å². The third-order valence-corrected chi connectivity index (χ3v) is 5.16. The first kappa shape index (κ1) is 19.2. The monoisotopic (exact) mass is 389 g/mol. The Balaban J connectivity index is 1.70. The maximum atomic E-state index is 12.4. The number of anilines is 2. The van der Waals surface area contributed by atoms with Crippen LogP contribution in [0, 0.1) is 0 Å². The van der Waals surface area contributed by atoms with Crippen LogP contribution in [0.3, 0.4) is 0 Å². The van der Waals surface area contributed by atoms with Gasteiger partial charge in [-0.25, -0.2) is 4.98 Å². The minimum atomic E-state index is -0.398. The summed E-state index contributed by atoms with van der Waals surface area (Å²) in [6.07, 6.45) is 1.38. The molecule has 0 saturated carbocycles. The zero-order chi connectivity index (χ0) is 19.4. The van der Waals surface area contributed by atoms with Gasteiger partial charge < -0.3 is 14.7 Å². The fourth-order valence-electron chi connectivity index (χ4n) is 3.25. The van der Waals surface area contributed by atoms with Crippen LogP contribution in [0.1, 0.15) is 24.2 Å². The van der Waals surface area contributed by atoms with E-state index in [0.29, 0.717) is 32.1 Å². The van der Waals surface area contributed by atoms with Crippen molar-refractivity contribution in [3.05, 3.63) is 51.4 Å². The van der Waals surface area contributed by atoms with Gasteiger partial charge in [-0.15, -0.1) is 0 Å². The normalized spacial score (nSPS) is 14.3. The molecule has 0 unspecified atom stereocenters. The fraction of sp³-hybridized carbons (Fsp3) is 0.421. The number of aromatic amines is 1. The van der Waals surface area contributed by atoms with E-state index < -0.39 is 5.56 Å². The fourth-order valence-corrected chi connectivity index (χ4v) is 3.50. The lowest BCUT2D eigenvalue weighted by Gasteiger charge is -2.36. The Hall–Kier alpha value is -2.54. The molecule has 1 aromatic carbocycles. The van der Waals surface area contributed by atoms with Crippen LogP contribution < -0.4 is 15.4 Å². The first-order valence-corrected chi connectivity index (χ1v) is 9.56. The number of nitrogens with one attached hydrogen (secondary N) is 1. The molecule has 8 heteroatoms. The topological polar surface area (TPSA) is 72.5 Å². The summed E-state index contributed by atoms with van der Waals surface area (Å²) >= 11 is 6.28. The van der Waals surface area contributed by atoms with Gasteiger partial charge in [0, 0.05) is 45.5 Å². The summed E-state index contributed by atoms with van der Waals surface area (Å²) in [6.45, 7) is 7.84. The van der Waals surface area contributed by atoms with Gasteiger partial charge in [-0.3, -0.25) is 14.6 Å². The Kier molecular flexibility index (Phi) is 6.01. The summed E-state index contributed by atoms with van der Waals surface area (Å²) in [7, 11) is 0. The Labute approximate surface area is 163 Å². The molecule has 0 bridgehead atoms. The highest BCUT2D eigenvalue weighted by molar-refractivity contribution is 6.33. The summed E-state index contributed by atoms with van der Waals surface area (Å²) in [5.41, 5.74) is 0.697. The van der Waals surface area contributed by atoms with E-state index in [-0.39, 0.29) is 11.5 Å². The number of piperazine rings is 1. The molecule has 2 heterocycles. The molecule has 1 aliphatic heterocycles. The number of hydrogen-bond acceptors (Lipinski definition) is 5. The minimum Gasteiger partial charge on any atom is -0.367 e. The molecule has 1 aromatic heterocycles. The summed E-state index contributed by atoms with van der Waals surface area (Å²) in [4.78, 5) is 37.7. The quantitative estimate of drug-likeness (QED) is 0.849. The molecule has 2 aromatic rings. The number of rotatable bonds is 5. The molecule has 27 heavy (non-hydrogen) atoms. The number of benzene rings is 1. The summed E-state index contributed by atoms with van der Waals surface area (Å²) in [6, 6.07) is 7.77. The van der Waals surface area contributed by atoms with Crippen molar-refractivity contribution in [1.82, 2.24) is 14.9 Å². The maximum absolute atomic E-state index is 12.4. The second-order valence-electron chi connectivity index (χ2n) is 6.35. The minimum absolute atomic E-state index is 0.0807. The molecule has 0 aliphatic carbocycles. The predicted octanol–water partition coefficient (Wildman–Crippen LogP) is 2.23. The van der Waals surface area contributed by atoms with E-state index in [1.54, 1.807) is 4.90 Å². The average Bonchev–Trinajstić information content (AvgIpc) is 2.69. The van der Waals surface area contributed by atoms with Gasteiger partial charge in [0.25, 0.3) is 11.5 Å². The molecule has 1 amide bonds. The number of halogens is 1. The van der Waals surface area contributed by atoms with Crippen molar-refractivity contribution < 1.29 is 4.79 Å². The van der Waals surface area contributed by atoms with Crippen molar-refractivity contribution in [2.45, 2.75) is 13.8 Å². The van der Waals surface area contributed by atoms with Crippen LogP contribution in [0.15, 0.2) is 35.3 Å². The van der Waals surface area contributed by atoms with Crippen molar-refractivity contribution in [2.75, 3.05) is 49.1 Å². The van der Waals surface area contributed by atoms with Crippen LogP contribution in [0.2, 0.25) is 5.02 Å². The van der Waals surface area contributed by atoms with Crippen LogP contribution in [0.5, 0.6) is 0 Å². The van der Waals surface area contributed by atoms with E-state index in [0.717, 1.165) is 23.8 Å². The summed E-state index contributed by atoms with van der Waals surface area (Å²) in [5.74, 6) is 0.207. The third kappa shape index (κ3) is 4.08. The maximum Gasteiger partial charge on any atom is 0.265 e. The van der Waals surface area contributed by atoms with E-state index in [9.17, 15) is 9.59 Å². The van der Waals surface area contributed by atoms with Crippen LogP contribution in [-0.4, -0.2) is 60.0 Å². The van der Waals surface area contributed by atoms with Gasteiger partial charge in [0.1, 0.15) is 5.56 Å². The molecule has 0 atom stereocenters. The lowest BCUT2D eigenvalue weighted by molar-refractivity contribution is 0.0770. The van der Waals surface area contributed by atoms with Crippen LogP contribution in [-0.2, 0) is 0 Å². The van der Waals surface area contributed by atoms with Crippen molar-refractivity contribution in [2.24, 2.45) is 0 Å². The first-order valence-electron chi connectivity index (χ1n) is 9.18. The van der Waals surface area contributed by atoms with Crippen molar-refractivity contribution in [3.8, 4) is 0 Å². The SMILES string of the molecule is CCN(CC)C(=O)c1cnc(N2CCN(c3ccccc3Cl)CC2)[nH]c1=O. The highest BCUT2D eigenvalue weighted by Gasteiger charge is 2.22. The second-order valence-corrected chi connectivity index (χ2v) is 6.76. The number of hydrogen-bond donors (Lipinski definition) is 1. The molecule has 1 saturated heterocycles. The van der Waals surface area contributed by atoms with Crippen LogP contribution in [0.4, 0.5) is 11.6 Å². The third-order valence-electron chi connectivity index (χ3n) is 4.84. The van der Waals surface area contributed by atoms with E-state index in [1.807, 2.05) is 43.0 Å². The lowest BCUT2D eigenvalue weighted by Crippen LogP contribution is -2.47. The van der Waals surface area contributed by atoms with Crippen LogP contribution >= 0.6 is 11.6 Å². The molecule has 1 aliphatic rings. The highest BCUT2D eigenvalue weighted by atomic mass is 35.5. The van der Waals surface area contributed by atoms with Gasteiger partial charge in [-0.05, 0) is 26.0 Å². The van der Waals surface area contributed by atoms with Crippen molar-refractivity contribution >= 4 is 29.1 Å². The molecular formula is C19H24ClN5O2. The Morgan fingerprint density at radius 2 is 1.78 bits per heavy atom. The first-order chi connectivity index (χ1) is 13.0. The molecule has 1 fully saturated rings. The largest absolute Gasteiger partial charge is 0.367 e. The van der Waals surface area contributed by atoms with E-state index in [4.69, 9.17) is 11.6 Å². The Morgan fingerprint density at radius 1 is 1.15 bits per heavy atom. The molecule has 0 spiro atoms. The zero-order valence-electron chi connectivity index (χ0n) is 15.6.